The molecule has 1 heterocycles. The van der Waals surface area contributed by atoms with Crippen molar-refractivity contribution in [1.29, 1.82) is 0 Å². The van der Waals surface area contributed by atoms with E-state index in [-0.39, 0.29) is 25.0 Å². The Morgan fingerprint density at radius 3 is 2.10 bits per heavy atom. The van der Waals surface area contributed by atoms with Crippen molar-refractivity contribution in [2.45, 2.75) is 141 Å². The average Bonchev–Trinajstić information content (AvgIpc) is 3.34. The molecule has 4 unspecified atom stereocenters. The highest BCUT2D eigenvalue weighted by Crippen LogP contribution is 2.60. The summed E-state index contributed by atoms with van der Waals surface area (Å²) in [5, 5.41) is 24.2. The molecule has 0 aromatic heterocycles. The first-order chi connectivity index (χ1) is 23.9. The summed E-state index contributed by atoms with van der Waals surface area (Å²) < 4.78 is 6.31. The number of allylic oxidation sites excluding steroid dienone is 1. The van der Waals surface area contributed by atoms with Gasteiger partial charge in [0.1, 0.15) is 36.5 Å². The summed E-state index contributed by atoms with van der Waals surface area (Å²) in [7, 11) is 3.27. The van der Waals surface area contributed by atoms with Crippen molar-refractivity contribution in [3.05, 3.63) is 11.3 Å². The number of amides is 5. The maximum Gasteiger partial charge on any atom is 0.253 e. The van der Waals surface area contributed by atoms with Crippen LogP contribution in [0.1, 0.15) is 111 Å². The fourth-order valence-electron chi connectivity index (χ4n) is 8.32. The number of nitrogens with zero attached hydrogens (tertiary/aromatic N) is 1. The highest BCUT2D eigenvalue weighted by molar-refractivity contribution is 5.98. The number of nitrogens with one attached hydrogen (secondary N) is 5. The number of hydrogen-bond acceptors (Lipinski definition) is 8. The van der Waals surface area contributed by atoms with Gasteiger partial charge in [0.05, 0.1) is 18.2 Å². The minimum absolute atomic E-state index is 0.0540. The molecule has 13 heteroatoms. The molecule has 5 atom stereocenters. The lowest BCUT2D eigenvalue weighted by Crippen LogP contribution is -2.62. The van der Waals surface area contributed by atoms with Crippen LogP contribution in [0.25, 0.3) is 0 Å². The van der Waals surface area contributed by atoms with Crippen LogP contribution in [0.3, 0.4) is 0 Å². The Morgan fingerprint density at radius 1 is 0.880 bits per heavy atom. The molecule has 4 rings (SSSR count). The number of aliphatic hydroxyl groups excluding tert-OH is 1. The highest BCUT2D eigenvalue weighted by Gasteiger charge is 2.48. The second-order valence-electron chi connectivity index (χ2n) is 15.4. The highest BCUT2D eigenvalue weighted by atomic mass is 16.5. The Bertz CT molecular complexity index is 1240. The standard InChI is InChI=1S/C37H62N6O7/c1-6-12-29-34(47)42-31(26-13-9-7-8-10-14-26)35(48)40-27(20-38-4)32(45)41-28(21-44)33(46)39-23(2)22-50-30(24(3)36(49)43(29)5)17-25-18-37(19-25)15-11-16-37/h23,25-29,31,38,44H,6-22H2,1-5H3,(H,39,46)(H,40,48)(H,41,45)(H,42,47)/b30-24-/t23-,27?,28?,29?,31?/m1/s1. The Balaban J connectivity index is 1.68. The monoisotopic (exact) mass is 702 g/mol. The van der Waals surface area contributed by atoms with Crippen molar-refractivity contribution in [3.63, 3.8) is 0 Å². The SMILES string of the molecule is CCCC1C(=O)NC(C2CCCCCC2)C(=O)NC(CNC)C(=O)NC(CO)C(=O)N[C@H](C)CO/C(CC2CC3(CCC3)C2)=C(/C)C(=O)N1C. The van der Waals surface area contributed by atoms with Gasteiger partial charge in [-0.25, -0.2) is 0 Å². The molecule has 1 aliphatic heterocycles. The summed E-state index contributed by atoms with van der Waals surface area (Å²) in [4.78, 5) is 70.5. The number of ether oxygens (including phenoxy) is 1. The summed E-state index contributed by atoms with van der Waals surface area (Å²) in [5.74, 6) is -1.69. The Hall–Kier alpha value is -3.19. The van der Waals surface area contributed by atoms with Gasteiger partial charge in [0.15, 0.2) is 0 Å². The van der Waals surface area contributed by atoms with Crippen LogP contribution in [-0.2, 0) is 28.7 Å². The van der Waals surface area contributed by atoms with Crippen molar-refractivity contribution in [2.75, 3.05) is 33.9 Å². The number of hydrogen-bond donors (Lipinski definition) is 6. The zero-order valence-electron chi connectivity index (χ0n) is 30.9. The van der Waals surface area contributed by atoms with Gasteiger partial charge in [-0.2, -0.15) is 0 Å². The van der Waals surface area contributed by atoms with Crippen LogP contribution in [0.5, 0.6) is 0 Å². The first kappa shape index (κ1) is 39.6. The van der Waals surface area contributed by atoms with Crippen molar-refractivity contribution >= 4 is 29.5 Å². The van der Waals surface area contributed by atoms with Crippen molar-refractivity contribution < 1.29 is 33.8 Å². The van der Waals surface area contributed by atoms with Gasteiger partial charge >= 0.3 is 0 Å². The summed E-state index contributed by atoms with van der Waals surface area (Å²) >= 11 is 0. The number of aliphatic hydroxyl groups is 1. The van der Waals surface area contributed by atoms with Gasteiger partial charge < -0.3 is 41.3 Å². The largest absolute Gasteiger partial charge is 0.495 e. The molecule has 3 aliphatic carbocycles. The van der Waals surface area contributed by atoms with E-state index in [1.165, 1.54) is 24.2 Å². The molecular weight excluding hydrogens is 640 g/mol. The summed E-state index contributed by atoms with van der Waals surface area (Å²) in [6.45, 7) is 4.91. The molecule has 282 valence electrons. The fourth-order valence-corrected chi connectivity index (χ4v) is 8.32. The van der Waals surface area contributed by atoms with Crippen molar-refractivity contribution in [3.8, 4) is 0 Å². The third-order valence-corrected chi connectivity index (χ3v) is 11.4. The van der Waals surface area contributed by atoms with Crippen molar-refractivity contribution in [2.24, 2.45) is 17.3 Å². The van der Waals surface area contributed by atoms with E-state index in [4.69, 9.17) is 4.74 Å². The first-order valence-electron chi connectivity index (χ1n) is 19.0. The van der Waals surface area contributed by atoms with Crippen molar-refractivity contribution in [1.82, 2.24) is 31.5 Å². The molecule has 4 aliphatic rings. The average molecular weight is 703 g/mol. The molecule has 0 saturated heterocycles. The predicted molar refractivity (Wildman–Crippen MR) is 189 cm³/mol. The van der Waals surface area contributed by atoms with Crippen LogP contribution < -0.4 is 26.6 Å². The molecule has 3 saturated carbocycles. The summed E-state index contributed by atoms with van der Waals surface area (Å²) in [6, 6.07) is -4.62. The second-order valence-corrected chi connectivity index (χ2v) is 15.4. The lowest BCUT2D eigenvalue weighted by Gasteiger charge is -2.54. The lowest BCUT2D eigenvalue weighted by molar-refractivity contribution is -0.139. The number of rotatable bonds is 8. The maximum atomic E-state index is 14.2. The third kappa shape index (κ3) is 9.98. The first-order valence-corrected chi connectivity index (χ1v) is 19.0. The molecular formula is C37H62N6O7. The van der Waals surface area contributed by atoms with Gasteiger partial charge in [-0.1, -0.05) is 45.4 Å². The third-order valence-electron chi connectivity index (χ3n) is 11.4. The van der Waals surface area contributed by atoms with E-state index in [9.17, 15) is 29.1 Å². The van der Waals surface area contributed by atoms with Crippen LogP contribution >= 0.6 is 0 Å². The van der Waals surface area contributed by atoms with Gasteiger partial charge in [-0.15, -0.1) is 0 Å². The van der Waals surface area contributed by atoms with Gasteiger partial charge in [0.25, 0.3) is 5.91 Å². The topological polar surface area (TPSA) is 178 Å². The molecule has 0 bridgehead atoms. The van der Waals surface area contributed by atoms with Gasteiger partial charge in [0.2, 0.25) is 23.6 Å². The Kier molecular flexibility index (Phi) is 14.5. The van der Waals surface area contributed by atoms with Crippen LogP contribution in [0.4, 0.5) is 0 Å². The van der Waals surface area contributed by atoms with E-state index in [1.807, 2.05) is 6.92 Å². The molecule has 0 aromatic carbocycles. The van der Waals surface area contributed by atoms with E-state index in [2.05, 4.69) is 26.6 Å². The van der Waals surface area contributed by atoms with E-state index in [1.54, 1.807) is 27.9 Å². The number of carbonyl (C=O) groups is 5. The molecule has 13 nitrogen and oxygen atoms in total. The Morgan fingerprint density at radius 2 is 1.52 bits per heavy atom. The van der Waals surface area contributed by atoms with Gasteiger partial charge in [-0.05, 0) is 83.1 Å². The Labute approximate surface area is 297 Å². The van der Waals surface area contributed by atoms with Gasteiger partial charge in [-0.3, -0.25) is 24.0 Å². The minimum atomic E-state index is -1.27. The molecule has 50 heavy (non-hydrogen) atoms. The van der Waals surface area contributed by atoms with Crippen LogP contribution in [0, 0.1) is 17.3 Å². The normalized spacial score (nSPS) is 31.4. The van der Waals surface area contributed by atoms with E-state index >= 15 is 0 Å². The van der Waals surface area contributed by atoms with E-state index < -0.39 is 60.4 Å². The minimum Gasteiger partial charge on any atom is -0.495 e. The quantitative estimate of drug-likeness (QED) is 0.208. The van der Waals surface area contributed by atoms with Crippen LogP contribution in [0.2, 0.25) is 0 Å². The predicted octanol–water partition coefficient (Wildman–Crippen LogP) is 2.03. The maximum absolute atomic E-state index is 14.2. The molecule has 6 N–H and O–H groups in total. The second kappa shape index (κ2) is 18.3. The van der Waals surface area contributed by atoms with Crippen LogP contribution in [-0.4, -0.2) is 104 Å². The molecule has 0 aromatic rings. The zero-order valence-corrected chi connectivity index (χ0v) is 30.9. The smallest absolute Gasteiger partial charge is 0.253 e. The molecule has 3 fully saturated rings. The summed E-state index contributed by atoms with van der Waals surface area (Å²) in [6.07, 6.45) is 13.0. The van der Waals surface area contributed by atoms with E-state index in [0.717, 1.165) is 51.4 Å². The molecule has 1 spiro atoms. The molecule has 5 amide bonds. The number of likely N-dealkylation sites (N-methyl/N-ethyl adjacent to an activating group) is 2. The molecule has 0 radical (unpaired) electrons. The van der Waals surface area contributed by atoms with Gasteiger partial charge in [0, 0.05) is 20.0 Å². The fraction of sp³-hybridized carbons (Fsp3) is 0.811. The number of carbonyl (C=O) groups excluding carboxylic acids is 5. The summed E-state index contributed by atoms with van der Waals surface area (Å²) in [5.41, 5.74) is 0.858. The zero-order chi connectivity index (χ0) is 36.4. The van der Waals surface area contributed by atoms with Crippen LogP contribution in [0.15, 0.2) is 11.3 Å². The lowest BCUT2D eigenvalue weighted by atomic mass is 9.51. The van der Waals surface area contributed by atoms with E-state index in [0.29, 0.717) is 41.9 Å².